The summed E-state index contributed by atoms with van der Waals surface area (Å²) in [6.45, 7) is 11.4. The van der Waals surface area contributed by atoms with E-state index in [9.17, 15) is 9.59 Å². The van der Waals surface area contributed by atoms with Crippen molar-refractivity contribution in [2.24, 2.45) is 0 Å². The monoisotopic (exact) mass is 452 g/mol. The molecule has 0 aliphatic carbocycles. The SMILES string of the molecule is CCOC(=O)Nc1cccc([C@@H](c2ccc(C(=O)N(CC)CC)cc2)N2CCN(C)CC2)c1. The van der Waals surface area contributed by atoms with Gasteiger partial charge in [-0.15, -0.1) is 0 Å². The van der Waals surface area contributed by atoms with Gasteiger partial charge >= 0.3 is 6.09 Å². The number of anilines is 1. The molecule has 7 nitrogen and oxygen atoms in total. The van der Waals surface area contributed by atoms with Gasteiger partial charge in [-0.3, -0.25) is 15.0 Å². The van der Waals surface area contributed by atoms with E-state index in [-0.39, 0.29) is 11.9 Å². The summed E-state index contributed by atoms with van der Waals surface area (Å²) in [6.07, 6.45) is -0.454. The number of rotatable bonds is 8. The molecule has 1 aliphatic rings. The molecule has 2 aromatic rings. The first-order valence-electron chi connectivity index (χ1n) is 11.8. The van der Waals surface area contributed by atoms with Gasteiger partial charge in [0.15, 0.2) is 0 Å². The third-order valence-corrected chi connectivity index (χ3v) is 6.15. The quantitative estimate of drug-likeness (QED) is 0.654. The zero-order chi connectivity index (χ0) is 23.8. The molecule has 0 saturated carbocycles. The van der Waals surface area contributed by atoms with Crippen LogP contribution in [0.5, 0.6) is 0 Å². The summed E-state index contributed by atoms with van der Waals surface area (Å²) < 4.78 is 5.03. The summed E-state index contributed by atoms with van der Waals surface area (Å²) in [5.74, 6) is 0.0586. The van der Waals surface area contributed by atoms with E-state index in [1.165, 1.54) is 0 Å². The van der Waals surface area contributed by atoms with Crippen LogP contribution < -0.4 is 5.32 Å². The molecular weight excluding hydrogens is 416 g/mol. The van der Waals surface area contributed by atoms with Gasteiger partial charge in [0, 0.05) is 50.5 Å². The number of carbonyl (C=O) groups excluding carboxylic acids is 2. The molecule has 0 unspecified atom stereocenters. The van der Waals surface area contributed by atoms with Crippen molar-refractivity contribution in [3.8, 4) is 0 Å². The minimum Gasteiger partial charge on any atom is -0.450 e. The number of nitrogens with one attached hydrogen (secondary N) is 1. The number of amides is 2. The minimum absolute atomic E-state index is 0.0280. The number of benzene rings is 2. The smallest absolute Gasteiger partial charge is 0.411 e. The van der Waals surface area contributed by atoms with Crippen molar-refractivity contribution in [1.82, 2.24) is 14.7 Å². The van der Waals surface area contributed by atoms with E-state index in [0.29, 0.717) is 30.9 Å². The molecule has 1 heterocycles. The van der Waals surface area contributed by atoms with Crippen molar-refractivity contribution in [1.29, 1.82) is 0 Å². The van der Waals surface area contributed by atoms with Crippen LogP contribution in [0.3, 0.4) is 0 Å². The molecule has 1 aliphatic heterocycles. The molecule has 1 saturated heterocycles. The highest BCUT2D eigenvalue weighted by Crippen LogP contribution is 2.31. The first-order valence-corrected chi connectivity index (χ1v) is 11.8. The zero-order valence-electron chi connectivity index (χ0n) is 20.2. The Morgan fingerprint density at radius 1 is 0.970 bits per heavy atom. The summed E-state index contributed by atoms with van der Waals surface area (Å²) in [4.78, 5) is 31.3. The lowest BCUT2D eigenvalue weighted by atomic mass is 9.95. The fourth-order valence-corrected chi connectivity index (χ4v) is 4.27. The summed E-state index contributed by atoms with van der Waals surface area (Å²) in [5.41, 5.74) is 3.64. The van der Waals surface area contributed by atoms with Crippen LogP contribution in [-0.4, -0.2) is 79.6 Å². The summed E-state index contributed by atoms with van der Waals surface area (Å²) >= 11 is 0. The molecule has 1 fully saturated rings. The number of hydrogen-bond donors (Lipinski definition) is 1. The Balaban J connectivity index is 1.91. The van der Waals surface area contributed by atoms with Gasteiger partial charge in [-0.25, -0.2) is 4.79 Å². The van der Waals surface area contributed by atoms with Gasteiger partial charge in [0.25, 0.3) is 5.91 Å². The minimum atomic E-state index is -0.454. The Morgan fingerprint density at radius 2 is 1.64 bits per heavy atom. The van der Waals surface area contributed by atoms with Crippen LogP contribution in [0.1, 0.15) is 48.3 Å². The van der Waals surface area contributed by atoms with Crippen molar-refractivity contribution in [2.75, 3.05) is 58.2 Å². The number of carbonyl (C=O) groups is 2. The number of ether oxygens (including phenoxy) is 1. The molecule has 2 aromatic carbocycles. The normalized spacial score (nSPS) is 15.6. The van der Waals surface area contributed by atoms with Gasteiger partial charge in [0.2, 0.25) is 0 Å². The molecular formula is C26H36N4O3. The average Bonchev–Trinajstić information content (AvgIpc) is 2.82. The maximum atomic E-state index is 12.8. The van der Waals surface area contributed by atoms with Crippen molar-refractivity contribution in [3.63, 3.8) is 0 Å². The average molecular weight is 453 g/mol. The number of nitrogens with zero attached hydrogens (tertiary/aromatic N) is 3. The highest BCUT2D eigenvalue weighted by atomic mass is 16.5. The molecule has 33 heavy (non-hydrogen) atoms. The molecule has 0 aromatic heterocycles. The second kappa shape index (κ2) is 11.8. The van der Waals surface area contributed by atoms with E-state index in [2.05, 4.69) is 40.4 Å². The molecule has 1 N–H and O–H groups in total. The lowest BCUT2D eigenvalue weighted by Gasteiger charge is -2.38. The molecule has 0 bridgehead atoms. The second-order valence-corrected chi connectivity index (χ2v) is 8.31. The molecule has 0 radical (unpaired) electrons. The Labute approximate surface area is 197 Å². The van der Waals surface area contributed by atoms with Crippen molar-refractivity contribution in [3.05, 3.63) is 65.2 Å². The Kier molecular flexibility index (Phi) is 8.86. The molecule has 3 rings (SSSR count). The van der Waals surface area contributed by atoms with E-state index in [1.807, 2.05) is 49.1 Å². The van der Waals surface area contributed by atoms with Crippen LogP contribution in [0.2, 0.25) is 0 Å². The third kappa shape index (κ3) is 6.33. The predicted octanol–water partition coefficient (Wildman–Crippen LogP) is 4.07. The second-order valence-electron chi connectivity index (χ2n) is 8.31. The Morgan fingerprint density at radius 3 is 2.24 bits per heavy atom. The van der Waals surface area contributed by atoms with Crippen molar-refractivity contribution in [2.45, 2.75) is 26.8 Å². The van der Waals surface area contributed by atoms with Crippen LogP contribution in [0, 0.1) is 0 Å². The maximum Gasteiger partial charge on any atom is 0.411 e. The number of piperazine rings is 1. The van der Waals surface area contributed by atoms with Crippen molar-refractivity contribution < 1.29 is 14.3 Å². The standard InChI is InChI=1S/C26H36N4O3/c1-5-29(6-2)25(31)21-13-11-20(12-14-21)24(30-17-15-28(4)16-18-30)22-9-8-10-23(19-22)27-26(32)33-7-3/h8-14,19,24H,5-7,15-18H2,1-4H3,(H,27,32)/t24-/m1/s1. The first-order chi connectivity index (χ1) is 16.0. The van der Waals surface area contributed by atoms with E-state index >= 15 is 0 Å². The zero-order valence-corrected chi connectivity index (χ0v) is 20.2. The van der Waals surface area contributed by atoms with Gasteiger partial charge < -0.3 is 14.5 Å². The highest BCUT2D eigenvalue weighted by Gasteiger charge is 2.26. The summed E-state index contributed by atoms with van der Waals surface area (Å²) in [5, 5.41) is 2.81. The largest absolute Gasteiger partial charge is 0.450 e. The summed E-state index contributed by atoms with van der Waals surface area (Å²) in [6, 6.07) is 15.9. The van der Waals surface area contributed by atoms with Crippen LogP contribution in [-0.2, 0) is 4.74 Å². The van der Waals surface area contributed by atoms with Gasteiger partial charge in [0.05, 0.1) is 12.6 Å². The predicted molar refractivity (Wildman–Crippen MR) is 132 cm³/mol. The van der Waals surface area contributed by atoms with Crippen LogP contribution in [0.15, 0.2) is 48.5 Å². The van der Waals surface area contributed by atoms with Gasteiger partial charge in [0.1, 0.15) is 0 Å². The first kappa shape index (κ1) is 24.7. The molecule has 2 amide bonds. The Bertz CT molecular complexity index is 919. The van der Waals surface area contributed by atoms with E-state index < -0.39 is 6.09 Å². The highest BCUT2D eigenvalue weighted by molar-refractivity contribution is 5.94. The molecule has 1 atom stereocenters. The molecule has 7 heteroatoms. The number of likely N-dealkylation sites (N-methyl/N-ethyl adjacent to an activating group) is 1. The topological polar surface area (TPSA) is 65.1 Å². The Hall–Kier alpha value is -2.90. The maximum absolute atomic E-state index is 12.8. The van der Waals surface area contributed by atoms with E-state index in [1.54, 1.807) is 6.92 Å². The lowest BCUT2D eigenvalue weighted by Crippen LogP contribution is -2.46. The van der Waals surface area contributed by atoms with E-state index in [0.717, 1.165) is 37.3 Å². The third-order valence-electron chi connectivity index (χ3n) is 6.15. The fourth-order valence-electron chi connectivity index (χ4n) is 4.27. The fraction of sp³-hybridized carbons (Fsp3) is 0.462. The summed E-state index contributed by atoms with van der Waals surface area (Å²) in [7, 11) is 2.14. The van der Waals surface area contributed by atoms with Gasteiger partial charge in [-0.05, 0) is 63.2 Å². The van der Waals surface area contributed by atoms with Crippen LogP contribution in [0.4, 0.5) is 10.5 Å². The van der Waals surface area contributed by atoms with Crippen LogP contribution >= 0.6 is 0 Å². The van der Waals surface area contributed by atoms with Crippen LogP contribution in [0.25, 0.3) is 0 Å². The van der Waals surface area contributed by atoms with Crippen molar-refractivity contribution >= 4 is 17.7 Å². The number of hydrogen-bond acceptors (Lipinski definition) is 5. The molecule has 178 valence electrons. The van der Waals surface area contributed by atoms with Gasteiger partial charge in [-0.2, -0.15) is 0 Å². The lowest BCUT2D eigenvalue weighted by molar-refractivity contribution is 0.0773. The molecule has 0 spiro atoms. The van der Waals surface area contributed by atoms with E-state index in [4.69, 9.17) is 4.74 Å². The van der Waals surface area contributed by atoms with Gasteiger partial charge in [-0.1, -0.05) is 24.3 Å².